The van der Waals surface area contributed by atoms with E-state index >= 15 is 0 Å². The maximum atomic E-state index is 5.51. The van der Waals surface area contributed by atoms with E-state index in [1.165, 1.54) is 0 Å². The lowest BCUT2D eigenvalue weighted by Gasteiger charge is -2.09. The average molecular weight is 261 g/mol. The molecule has 0 aromatic heterocycles. The number of ether oxygens (including phenoxy) is 2. The Labute approximate surface area is 115 Å². The molecule has 1 aromatic rings. The van der Waals surface area contributed by atoms with Gasteiger partial charge in [-0.2, -0.15) is 0 Å². The highest BCUT2D eigenvalue weighted by atomic mass is 16.5. The Kier molecular flexibility index (Phi) is 7.44. The van der Waals surface area contributed by atoms with Crippen molar-refractivity contribution in [3.63, 3.8) is 0 Å². The lowest BCUT2D eigenvalue weighted by Crippen LogP contribution is -2.13. The van der Waals surface area contributed by atoms with Gasteiger partial charge in [0.2, 0.25) is 0 Å². The molecule has 0 saturated carbocycles. The minimum Gasteiger partial charge on any atom is -0.493 e. The fourth-order valence-electron chi connectivity index (χ4n) is 1.61. The largest absolute Gasteiger partial charge is 0.493 e. The van der Waals surface area contributed by atoms with Gasteiger partial charge in [0.1, 0.15) is 6.61 Å². The molecule has 19 heavy (non-hydrogen) atoms. The molecule has 0 bridgehead atoms. The normalized spacial score (nSPS) is 10.6. The van der Waals surface area contributed by atoms with Crippen LogP contribution < -0.4 is 14.8 Å². The van der Waals surface area contributed by atoms with Crippen LogP contribution >= 0.6 is 0 Å². The topological polar surface area (TPSA) is 30.5 Å². The Morgan fingerprint density at radius 1 is 1.32 bits per heavy atom. The molecule has 0 fully saturated rings. The molecule has 0 atom stereocenters. The van der Waals surface area contributed by atoms with Crippen LogP contribution in [0, 0.1) is 0 Å². The Morgan fingerprint density at radius 3 is 2.84 bits per heavy atom. The minimum atomic E-state index is 0.479. The lowest BCUT2D eigenvalue weighted by atomic mass is 10.2. The van der Waals surface area contributed by atoms with Gasteiger partial charge in [0, 0.05) is 6.54 Å². The zero-order valence-corrected chi connectivity index (χ0v) is 11.8. The van der Waals surface area contributed by atoms with Crippen LogP contribution in [0.25, 0.3) is 6.08 Å². The maximum Gasteiger partial charge on any atom is 0.161 e. The first-order valence-corrected chi connectivity index (χ1v) is 6.60. The molecule has 3 heteroatoms. The van der Waals surface area contributed by atoms with Gasteiger partial charge in [0.05, 0.1) is 7.11 Å². The molecule has 0 aliphatic rings. The van der Waals surface area contributed by atoms with E-state index in [4.69, 9.17) is 9.47 Å². The van der Waals surface area contributed by atoms with Gasteiger partial charge in [-0.25, -0.2) is 0 Å². The zero-order chi connectivity index (χ0) is 13.9. The van der Waals surface area contributed by atoms with Gasteiger partial charge in [-0.1, -0.05) is 37.8 Å². The second-order valence-electron chi connectivity index (χ2n) is 4.12. The summed E-state index contributed by atoms with van der Waals surface area (Å²) in [6, 6.07) is 5.90. The van der Waals surface area contributed by atoms with Crippen LogP contribution in [0.15, 0.2) is 36.9 Å². The van der Waals surface area contributed by atoms with Gasteiger partial charge >= 0.3 is 0 Å². The number of hydrogen-bond donors (Lipinski definition) is 1. The van der Waals surface area contributed by atoms with E-state index in [0.29, 0.717) is 6.61 Å². The van der Waals surface area contributed by atoms with Gasteiger partial charge < -0.3 is 14.8 Å². The molecular weight excluding hydrogens is 238 g/mol. The van der Waals surface area contributed by atoms with E-state index in [0.717, 1.165) is 36.6 Å². The van der Waals surface area contributed by atoms with E-state index in [2.05, 4.69) is 31.0 Å². The fraction of sp³-hybridized carbons (Fsp3) is 0.375. The average Bonchev–Trinajstić information content (AvgIpc) is 2.45. The summed E-state index contributed by atoms with van der Waals surface area (Å²) in [4.78, 5) is 0. The Bertz CT molecular complexity index is 413. The van der Waals surface area contributed by atoms with Gasteiger partial charge in [-0.3, -0.25) is 0 Å². The van der Waals surface area contributed by atoms with E-state index in [-0.39, 0.29) is 0 Å². The molecule has 0 amide bonds. The molecule has 1 rings (SSSR count). The Balaban J connectivity index is 2.62. The van der Waals surface area contributed by atoms with E-state index in [9.17, 15) is 0 Å². The molecule has 0 unspecified atom stereocenters. The van der Waals surface area contributed by atoms with Crippen molar-refractivity contribution in [2.24, 2.45) is 0 Å². The van der Waals surface area contributed by atoms with Crippen molar-refractivity contribution in [1.29, 1.82) is 0 Å². The van der Waals surface area contributed by atoms with E-state index in [1.54, 1.807) is 13.2 Å². The first-order valence-electron chi connectivity index (χ1n) is 6.60. The molecule has 1 aromatic carbocycles. The van der Waals surface area contributed by atoms with Crippen LogP contribution in [0.1, 0.15) is 18.9 Å². The van der Waals surface area contributed by atoms with Crippen molar-refractivity contribution in [2.45, 2.75) is 13.3 Å². The molecular formula is C16H23NO2. The monoisotopic (exact) mass is 261 g/mol. The third-order valence-electron chi connectivity index (χ3n) is 2.54. The van der Waals surface area contributed by atoms with Crippen LogP contribution in [0.4, 0.5) is 0 Å². The fourth-order valence-corrected chi connectivity index (χ4v) is 1.61. The summed E-state index contributed by atoms with van der Waals surface area (Å²) < 4.78 is 10.8. The van der Waals surface area contributed by atoms with Crippen molar-refractivity contribution >= 4 is 6.08 Å². The SMILES string of the molecule is C=CCOc1ccc(C=CCNCCC)cc1OC. The predicted molar refractivity (Wildman–Crippen MR) is 80.9 cm³/mol. The van der Waals surface area contributed by atoms with Gasteiger partial charge in [0.25, 0.3) is 0 Å². The molecule has 0 spiro atoms. The maximum absolute atomic E-state index is 5.51. The van der Waals surface area contributed by atoms with Crippen LogP contribution in [-0.4, -0.2) is 26.8 Å². The van der Waals surface area contributed by atoms with Crippen molar-refractivity contribution < 1.29 is 9.47 Å². The summed E-state index contributed by atoms with van der Waals surface area (Å²) in [5, 5.41) is 3.32. The summed E-state index contributed by atoms with van der Waals surface area (Å²) >= 11 is 0. The molecule has 0 heterocycles. The van der Waals surface area contributed by atoms with Crippen molar-refractivity contribution in [1.82, 2.24) is 5.32 Å². The second kappa shape index (κ2) is 9.22. The van der Waals surface area contributed by atoms with Gasteiger partial charge in [-0.05, 0) is 30.7 Å². The quantitative estimate of drug-likeness (QED) is 0.546. The standard InChI is InChI=1S/C16H23NO2/c1-4-10-17-11-6-7-14-8-9-15(19-12-5-2)16(13-14)18-3/h5-9,13,17H,2,4,10-12H2,1,3H3. The predicted octanol–water partition coefficient (Wildman–Crippen LogP) is 3.27. The van der Waals surface area contributed by atoms with Gasteiger partial charge in [0.15, 0.2) is 11.5 Å². The number of methoxy groups -OCH3 is 1. The highest BCUT2D eigenvalue weighted by Gasteiger charge is 2.03. The van der Waals surface area contributed by atoms with Crippen LogP contribution in [-0.2, 0) is 0 Å². The highest BCUT2D eigenvalue weighted by Crippen LogP contribution is 2.28. The number of benzene rings is 1. The summed E-state index contributed by atoms with van der Waals surface area (Å²) in [6.45, 7) is 8.19. The first-order chi connectivity index (χ1) is 9.31. The highest BCUT2D eigenvalue weighted by molar-refractivity contribution is 5.56. The third kappa shape index (κ3) is 5.62. The summed E-state index contributed by atoms with van der Waals surface area (Å²) in [7, 11) is 1.65. The zero-order valence-electron chi connectivity index (χ0n) is 11.8. The van der Waals surface area contributed by atoms with E-state index in [1.807, 2.05) is 18.2 Å². The Morgan fingerprint density at radius 2 is 2.16 bits per heavy atom. The number of rotatable bonds is 9. The molecule has 0 aliphatic heterocycles. The lowest BCUT2D eigenvalue weighted by molar-refractivity contribution is 0.326. The number of nitrogens with one attached hydrogen (secondary N) is 1. The molecule has 0 saturated heterocycles. The molecule has 104 valence electrons. The van der Waals surface area contributed by atoms with Crippen LogP contribution in [0.5, 0.6) is 11.5 Å². The minimum absolute atomic E-state index is 0.479. The van der Waals surface area contributed by atoms with Crippen molar-refractivity contribution in [3.05, 3.63) is 42.5 Å². The smallest absolute Gasteiger partial charge is 0.161 e. The van der Waals surface area contributed by atoms with Crippen LogP contribution in [0.3, 0.4) is 0 Å². The summed E-state index contributed by atoms with van der Waals surface area (Å²) in [5.74, 6) is 1.48. The van der Waals surface area contributed by atoms with E-state index < -0.39 is 0 Å². The first kappa shape index (κ1) is 15.3. The van der Waals surface area contributed by atoms with Crippen molar-refractivity contribution in [3.8, 4) is 11.5 Å². The molecule has 1 N–H and O–H groups in total. The second-order valence-corrected chi connectivity index (χ2v) is 4.12. The van der Waals surface area contributed by atoms with Crippen molar-refractivity contribution in [2.75, 3.05) is 26.8 Å². The third-order valence-corrected chi connectivity index (χ3v) is 2.54. The number of hydrogen-bond acceptors (Lipinski definition) is 3. The molecule has 3 nitrogen and oxygen atoms in total. The van der Waals surface area contributed by atoms with Gasteiger partial charge in [-0.15, -0.1) is 0 Å². The van der Waals surface area contributed by atoms with Crippen LogP contribution in [0.2, 0.25) is 0 Å². The summed E-state index contributed by atoms with van der Waals surface area (Å²) in [6.07, 6.45) is 7.04. The molecule has 0 aliphatic carbocycles. The Hall–Kier alpha value is -1.74. The molecule has 0 radical (unpaired) electrons. The summed E-state index contributed by atoms with van der Waals surface area (Å²) in [5.41, 5.74) is 1.10.